The van der Waals surface area contributed by atoms with Gasteiger partial charge in [0.2, 0.25) is 0 Å². The average molecular weight is 167 g/mol. The maximum atomic E-state index is 8.40. The Labute approximate surface area is 71.9 Å². The Morgan fingerprint density at radius 2 is 2.00 bits per heavy atom. The zero-order valence-electron chi connectivity index (χ0n) is 6.86. The van der Waals surface area contributed by atoms with Crippen LogP contribution in [0.25, 0.3) is 0 Å². The van der Waals surface area contributed by atoms with Crippen LogP contribution in [0.5, 0.6) is 0 Å². The fourth-order valence-corrected chi connectivity index (χ4v) is 0.848. The van der Waals surface area contributed by atoms with Crippen LogP contribution >= 0.6 is 0 Å². The van der Waals surface area contributed by atoms with Gasteiger partial charge in [-0.1, -0.05) is 30.3 Å². The first-order chi connectivity index (χ1) is 5.93. The Bertz CT molecular complexity index is 201. The van der Waals surface area contributed by atoms with Crippen LogP contribution in [-0.2, 0) is 11.4 Å². The Morgan fingerprint density at radius 3 is 2.67 bits per heavy atom. The predicted octanol–water partition coefficient (Wildman–Crippen LogP) is 0.700. The third-order valence-electron chi connectivity index (χ3n) is 1.41. The van der Waals surface area contributed by atoms with Gasteiger partial charge in [0.25, 0.3) is 0 Å². The number of aliphatic hydroxyl groups excluding tert-OH is 1. The number of nitrogens with one attached hydrogen (secondary N) is 1. The molecule has 0 radical (unpaired) electrons. The van der Waals surface area contributed by atoms with Gasteiger partial charge >= 0.3 is 0 Å². The Balaban J connectivity index is 2.16. The van der Waals surface area contributed by atoms with Crippen molar-refractivity contribution in [3.63, 3.8) is 0 Å². The molecule has 3 nitrogen and oxygen atoms in total. The number of hydrogen-bond acceptors (Lipinski definition) is 3. The molecule has 1 rings (SSSR count). The molecule has 2 N–H and O–H groups in total. The van der Waals surface area contributed by atoms with E-state index in [1.807, 2.05) is 30.3 Å². The van der Waals surface area contributed by atoms with E-state index >= 15 is 0 Å². The van der Waals surface area contributed by atoms with Gasteiger partial charge in [-0.2, -0.15) is 5.48 Å². The Kier molecular flexibility index (Phi) is 4.37. The van der Waals surface area contributed by atoms with Crippen LogP contribution in [0.2, 0.25) is 0 Å². The third kappa shape index (κ3) is 3.48. The highest BCUT2D eigenvalue weighted by Crippen LogP contribution is 1.96. The van der Waals surface area contributed by atoms with Crippen LogP contribution < -0.4 is 5.48 Å². The summed E-state index contributed by atoms with van der Waals surface area (Å²) in [6.07, 6.45) is 0. The molecule has 0 atom stereocenters. The molecule has 0 unspecified atom stereocenters. The van der Waals surface area contributed by atoms with Gasteiger partial charge < -0.3 is 5.11 Å². The molecular formula is C9H13NO2. The summed E-state index contributed by atoms with van der Waals surface area (Å²) in [5, 5.41) is 8.40. The molecule has 0 aliphatic rings. The number of hydrogen-bond donors (Lipinski definition) is 2. The number of benzene rings is 1. The van der Waals surface area contributed by atoms with E-state index in [-0.39, 0.29) is 6.61 Å². The molecule has 0 spiro atoms. The van der Waals surface area contributed by atoms with Crippen molar-refractivity contribution in [2.24, 2.45) is 0 Å². The summed E-state index contributed by atoms with van der Waals surface area (Å²) >= 11 is 0. The SMILES string of the molecule is OCCONCc1ccccc1. The van der Waals surface area contributed by atoms with Gasteiger partial charge in [-0.15, -0.1) is 0 Å². The smallest absolute Gasteiger partial charge is 0.0913 e. The molecule has 0 saturated heterocycles. The van der Waals surface area contributed by atoms with Crippen molar-refractivity contribution in [2.75, 3.05) is 13.2 Å². The van der Waals surface area contributed by atoms with Crippen LogP contribution in [0.1, 0.15) is 5.56 Å². The molecule has 0 saturated carbocycles. The molecule has 0 aromatic heterocycles. The van der Waals surface area contributed by atoms with E-state index in [0.29, 0.717) is 13.2 Å². The summed E-state index contributed by atoms with van der Waals surface area (Å²) in [5.74, 6) is 0. The van der Waals surface area contributed by atoms with Crippen molar-refractivity contribution in [2.45, 2.75) is 6.54 Å². The minimum atomic E-state index is 0.0434. The second kappa shape index (κ2) is 5.71. The molecule has 0 aliphatic carbocycles. The van der Waals surface area contributed by atoms with Gasteiger partial charge in [0.05, 0.1) is 13.2 Å². The molecule has 0 heterocycles. The molecule has 0 aliphatic heterocycles. The summed E-state index contributed by atoms with van der Waals surface area (Å²) in [4.78, 5) is 4.89. The minimum absolute atomic E-state index is 0.0434. The van der Waals surface area contributed by atoms with Gasteiger partial charge in [-0.25, -0.2) is 0 Å². The zero-order valence-corrected chi connectivity index (χ0v) is 6.86. The highest BCUT2D eigenvalue weighted by Gasteiger charge is 1.89. The second-order valence-electron chi connectivity index (χ2n) is 2.38. The fraction of sp³-hybridized carbons (Fsp3) is 0.333. The number of rotatable bonds is 5. The first-order valence-corrected chi connectivity index (χ1v) is 3.93. The normalized spacial score (nSPS) is 10.1. The third-order valence-corrected chi connectivity index (χ3v) is 1.41. The van der Waals surface area contributed by atoms with Crippen LogP contribution in [-0.4, -0.2) is 18.3 Å². The highest BCUT2D eigenvalue weighted by molar-refractivity contribution is 5.13. The maximum absolute atomic E-state index is 8.40. The van der Waals surface area contributed by atoms with Gasteiger partial charge in [0.1, 0.15) is 0 Å². The maximum Gasteiger partial charge on any atom is 0.0913 e. The largest absolute Gasteiger partial charge is 0.394 e. The quantitative estimate of drug-likeness (QED) is 0.501. The Hall–Kier alpha value is -0.900. The molecule has 1 aromatic carbocycles. The highest BCUT2D eigenvalue weighted by atomic mass is 16.6. The summed E-state index contributed by atoms with van der Waals surface area (Å²) in [5.41, 5.74) is 3.91. The van der Waals surface area contributed by atoms with Gasteiger partial charge in [0, 0.05) is 6.54 Å². The summed E-state index contributed by atoms with van der Waals surface area (Å²) < 4.78 is 0. The predicted molar refractivity (Wildman–Crippen MR) is 46.3 cm³/mol. The topological polar surface area (TPSA) is 41.5 Å². The minimum Gasteiger partial charge on any atom is -0.394 e. The van der Waals surface area contributed by atoms with Crippen molar-refractivity contribution in [1.82, 2.24) is 5.48 Å². The van der Waals surface area contributed by atoms with E-state index in [0.717, 1.165) is 5.56 Å². The van der Waals surface area contributed by atoms with E-state index in [1.165, 1.54) is 0 Å². The summed E-state index contributed by atoms with van der Waals surface area (Å²) in [6.45, 7) is 1.04. The number of hydroxylamine groups is 1. The molecule has 12 heavy (non-hydrogen) atoms. The second-order valence-corrected chi connectivity index (χ2v) is 2.38. The lowest BCUT2D eigenvalue weighted by atomic mass is 10.2. The molecule has 1 aromatic rings. The van der Waals surface area contributed by atoms with E-state index in [4.69, 9.17) is 9.94 Å². The lowest BCUT2D eigenvalue weighted by molar-refractivity contribution is 0.0138. The van der Waals surface area contributed by atoms with Crippen molar-refractivity contribution < 1.29 is 9.94 Å². The van der Waals surface area contributed by atoms with E-state index < -0.39 is 0 Å². The van der Waals surface area contributed by atoms with Gasteiger partial charge in [-0.3, -0.25) is 4.84 Å². The first-order valence-electron chi connectivity index (χ1n) is 3.93. The van der Waals surface area contributed by atoms with Gasteiger partial charge in [-0.05, 0) is 5.56 Å². The number of aliphatic hydroxyl groups is 1. The van der Waals surface area contributed by atoms with Crippen molar-refractivity contribution in [3.8, 4) is 0 Å². The van der Waals surface area contributed by atoms with E-state index in [1.54, 1.807) is 0 Å². The van der Waals surface area contributed by atoms with Crippen molar-refractivity contribution in [3.05, 3.63) is 35.9 Å². The van der Waals surface area contributed by atoms with Crippen LogP contribution in [0.4, 0.5) is 0 Å². The molecule has 3 heteroatoms. The molecule has 0 fully saturated rings. The molecule has 0 bridgehead atoms. The average Bonchev–Trinajstić information content (AvgIpc) is 2.14. The van der Waals surface area contributed by atoms with Crippen molar-refractivity contribution >= 4 is 0 Å². The fourth-order valence-electron chi connectivity index (χ4n) is 0.848. The van der Waals surface area contributed by atoms with Crippen molar-refractivity contribution in [1.29, 1.82) is 0 Å². The molecule has 66 valence electrons. The van der Waals surface area contributed by atoms with E-state index in [9.17, 15) is 0 Å². The Morgan fingerprint density at radius 1 is 1.25 bits per heavy atom. The zero-order chi connectivity index (χ0) is 8.65. The van der Waals surface area contributed by atoms with Crippen LogP contribution in [0.3, 0.4) is 0 Å². The standard InChI is InChI=1S/C9H13NO2/c11-6-7-12-10-8-9-4-2-1-3-5-9/h1-5,10-11H,6-8H2. The van der Waals surface area contributed by atoms with Crippen LogP contribution in [0.15, 0.2) is 30.3 Å². The van der Waals surface area contributed by atoms with E-state index in [2.05, 4.69) is 5.48 Å². The lowest BCUT2D eigenvalue weighted by Crippen LogP contribution is -2.16. The van der Waals surface area contributed by atoms with Crippen LogP contribution in [0, 0.1) is 0 Å². The monoisotopic (exact) mass is 167 g/mol. The van der Waals surface area contributed by atoms with Gasteiger partial charge in [0.15, 0.2) is 0 Å². The summed E-state index contributed by atoms with van der Waals surface area (Å²) in [6, 6.07) is 9.94. The lowest BCUT2D eigenvalue weighted by Gasteiger charge is -2.03. The molecule has 0 amide bonds. The first kappa shape index (κ1) is 9.19. The summed E-state index contributed by atoms with van der Waals surface area (Å²) in [7, 11) is 0. The molecular weight excluding hydrogens is 154 g/mol.